The number of nitrogens with two attached hydrogens (primary N) is 2. The Labute approximate surface area is 217 Å². The molecule has 0 aliphatic carbocycles. The largest absolute Gasteiger partial charge is 0.481 e. The zero-order valence-electron chi connectivity index (χ0n) is 22.1. The summed E-state index contributed by atoms with van der Waals surface area (Å²) in [6, 6.07) is 0. The molecule has 0 saturated heterocycles. The molecule has 0 bridgehead atoms. The van der Waals surface area contributed by atoms with Gasteiger partial charge in [-0.1, -0.05) is 90.4 Å². The minimum Gasteiger partial charge on any atom is -0.481 e. The molecule has 0 rings (SSSR count). The number of hydrogen-bond acceptors (Lipinski definition) is 9. The molecule has 0 aromatic carbocycles. The fourth-order valence-electron chi connectivity index (χ4n) is 3.03. The highest BCUT2D eigenvalue weighted by atomic mass is 32.2. The van der Waals surface area contributed by atoms with E-state index in [9.17, 15) is 18.0 Å². The van der Waals surface area contributed by atoms with Crippen LogP contribution in [0.1, 0.15) is 103 Å². The minimum atomic E-state index is -4.79. The molecule has 1 unspecified atom stereocenters. The van der Waals surface area contributed by atoms with E-state index in [1.807, 2.05) is 0 Å². The number of unbranched alkanes of at least 4 members (excludes halogenated alkanes) is 13. The number of aliphatic carboxylic acids is 1. The van der Waals surface area contributed by atoms with Gasteiger partial charge in [-0.25, -0.2) is 0 Å². The van der Waals surface area contributed by atoms with Crippen molar-refractivity contribution in [3.05, 3.63) is 0 Å². The first-order valence-corrected chi connectivity index (χ1v) is 14.6. The summed E-state index contributed by atoms with van der Waals surface area (Å²) in [4.78, 5) is 22.2. The summed E-state index contributed by atoms with van der Waals surface area (Å²) in [6.45, 7) is 3.21. The van der Waals surface area contributed by atoms with Crippen LogP contribution in [0, 0.1) is 0 Å². The summed E-state index contributed by atoms with van der Waals surface area (Å²) in [5.74, 6) is -2.70. The third-order valence-corrected chi connectivity index (χ3v) is 6.06. The van der Waals surface area contributed by atoms with Crippen molar-refractivity contribution in [2.45, 2.75) is 108 Å². The number of carboxylic acid groups (broad SMARTS) is 1. The molecule has 0 fully saturated rings. The molecule has 218 valence electrons. The SMILES string of the molecule is CCCCCCCCCCCCCCCCOC(=O)C(CC(=O)O)S(=O)(=O)O.NCCO.NCCO. The maximum atomic E-state index is 11.6. The van der Waals surface area contributed by atoms with Crippen molar-refractivity contribution >= 4 is 22.1 Å². The number of rotatable bonds is 21. The van der Waals surface area contributed by atoms with E-state index in [0.717, 1.165) is 19.3 Å². The van der Waals surface area contributed by atoms with E-state index in [1.54, 1.807) is 0 Å². The fraction of sp³-hybridized carbons (Fsp3) is 0.917. The van der Waals surface area contributed by atoms with E-state index in [0.29, 0.717) is 19.5 Å². The van der Waals surface area contributed by atoms with Crippen molar-refractivity contribution in [2.24, 2.45) is 11.5 Å². The molecular formula is C24H52N2O9S. The quantitative estimate of drug-likeness (QED) is 0.0702. The number of carbonyl (C=O) groups is 2. The van der Waals surface area contributed by atoms with Crippen LogP contribution in [0.4, 0.5) is 0 Å². The number of carboxylic acids is 1. The van der Waals surface area contributed by atoms with Gasteiger partial charge in [-0.2, -0.15) is 8.42 Å². The van der Waals surface area contributed by atoms with Gasteiger partial charge < -0.3 is 31.5 Å². The van der Waals surface area contributed by atoms with E-state index in [2.05, 4.69) is 6.92 Å². The van der Waals surface area contributed by atoms with Gasteiger partial charge in [-0.05, 0) is 6.42 Å². The molecule has 0 saturated carbocycles. The lowest BCUT2D eigenvalue weighted by atomic mass is 10.0. The number of esters is 1. The van der Waals surface area contributed by atoms with Gasteiger partial charge in [0.1, 0.15) is 0 Å². The molecule has 8 N–H and O–H groups in total. The maximum Gasteiger partial charge on any atom is 0.327 e. The Hall–Kier alpha value is -1.31. The van der Waals surface area contributed by atoms with Gasteiger partial charge in [0.05, 0.1) is 26.2 Å². The third-order valence-electron chi connectivity index (χ3n) is 4.98. The van der Waals surface area contributed by atoms with E-state index in [1.165, 1.54) is 64.2 Å². The van der Waals surface area contributed by atoms with Gasteiger partial charge in [-0.3, -0.25) is 14.1 Å². The standard InChI is InChI=1S/C20H38O7S.2C2H7NO/c1-2-3-4-5-6-7-8-9-10-11-12-13-14-15-16-27-20(23)18(17-19(21)22)28(24,25)26;2*3-1-2-4/h18H,2-17H2,1H3,(H,21,22)(H,24,25,26);2*4H,1-3H2. The van der Waals surface area contributed by atoms with Crippen molar-refractivity contribution < 1.29 is 42.6 Å². The lowest BCUT2D eigenvalue weighted by Gasteiger charge is -2.11. The number of aliphatic hydroxyl groups is 2. The second-order valence-corrected chi connectivity index (χ2v) is 9.99. The van der Waals surface area contributed by atoms with Crippen molar-refractivity contribution in [3.63, 3.8) is 0 Å². The van der Waals surface area contributed by atoms with E-state index >= 15 is 0 Å². The van der Waals surface area contributed by atoms with Gasteiger partial charge in [-0.15, -0.1) is 0 Å². The molecule has 11 nitrogen and oxygen atoms in total. The molecular weight excluding hydrogens is 492 g/mol. The van der Waals surface area contributed by atoms with Gasteiger partial charge in [0.25, 0.3) is 10.1 Å². The number of aliphatic hydroxyl groups excluding tert-OH is 2. The van der Waals surface area contributed by atoms with Crippen molar-refractivity contribution in [1.29, 1.82) is 0 Å². The Morgan fingerprint density at radius 2 is 1.08 bits per heavy atom. The molecule has 0 amide bonds. The van der Waals surface area contributed by atoms with Gasteiger partial charge in [0.2, 0.25) is 0 Å². The average molecular weight is 545 g/mol. The van der Waals surface area contributed by atoms with Crippen LogP contribution in [0.2, 0.25) is 0 Å². The molecule has 0 heterocycles. The van der Waals surface area contributed by atoms with Gasteiger partial charge >= 0.3 is 11.9 Å². The number of hydrogen-bond donors (Lipinski definition) is 6. The van der Waals surface area contributed by atoms with Crippen LogP contribution < -0.4 is 11.5 Å². The highest BCUT2D eigenvalue weighted by Gasteiger charge is 2.34. The molecule has 12 heteroatoms. The van der Waals surface area contributed by atoms with Crippen molar-refractivity contribution in [1.82, 2.24) is 0 Å². The van der Waals surface area contributed by atoms with Crippen LogP contribution in [0.5, 0.6) is 0 Å². The highest BCUT2D eigenvalue weighted by molar-refractivity contribution is 7.87. The lowest BCUT2D eigenvalue weighted by molar-refractivity contribution is -0.147. The predicted molar refractivity (Wildman–Crippen MR) is 141 cm³/mol. The Kier molecular flexibility index (Phi) is 32.6. The average Bonchev–Trinajstić information content (AvgIpc) is 2.84. The normalized spacial score (nSPS) is 11.5. The second kappa shape index (κ2) is 29.9. The van der Waals surface area contributed by atoms with Crippen LogP contribution >= 0.6 is 0 Å². The zero-order chi connectivity index (χ0) is 28.1. The summed E-state index contributed by atoms with van der Waals surface area (Å²) in [7, 11) is -4.79. The number of ether oxygens (including phenoxy) is 1. The van der Waals surface area contributed by atoms with Crippen LogP contribution in [0.3, 0.4) is 0 Å². The fourth-order valence-corrected chi connectivity index (χ4v) is 3.70. The summed E-state index contributed by atoms with van der Waals surface area (Å²) in [6.07, 6.45) is 15.7. The van der Waals surface area contributed by atoms with Crippen LogP contribution in [0.15, 0.2) is 0 Å². The summed E-state index contributed by atoms with van der Waals surface area (Å²) in [5.41, 5.74) is 9.56. The topological polar surface area (TPSA) is 210 Å². The van der Waals surface area contributed by atoms with Crippen LogP contribution in [-0.4, -0.2) is 78.4 Å². The van der Waals surface area contributed by atoms with Crippen LogP contribution in [0.25, 0.3) is 0 Å². The third kappa shape index (κ3) is 32.7. The summed E-state index contributed by atoms with van der Waals surface area (Å²) >= 11 is 0. The van der Waals surface area contributed by atoms with Crippen molar-refractivity contribution in [3.8, 4) is 0 Å². The second-order valence-electron chi connectivity index (χ2n) is 8.39. The highest BCUT2D eigenvalue weighted by Crippen LogP contribution is 2.13. The molecule has 0 aliphatic rings. The molecule has 0 aromatic heterocycles. The van der Waals surface area contributed by atoms with E-state index < -0.39 is 33.7 Å². The summed E-state index contributed by atoms with van der Waals surface area (Å²) < 4.78 is 35.8. The first-order valence-electron chi connectivity index (χ1n) is 13.1. The Balaban J connectivity index is -0.00000118. The maximum absolute atomic E-state index is 11.6. The Bertz CT molecular complexity index is 582. The monoisotopic (exact) mass is 544 g/mol. The Morgan fingerprint density at radius 1 is 0.750 bits per heavy atom. The lowest BCUT2D eigenvalue weighted by Crippen LogP contribution is -2.34. The van der Waals surface area contributed by atoms with Crippen molar-refractivity contribution in [2.75, 3.05) is 32.9 Å². The van der Waals surface area contributed by atoms with Crippen LogP contribution in [-0.2, 0) is 24.4 Å². The smallest absolute Gasteiger partial charge is 0.327 e. The molecule has 0 aliphatic heterocycles. The number of carbonyl (C=O) groups excluding carboxylic acids is 1. The predicted octanol–water partition coefficient (Wildman–Crippen LogP) is 2.62. The minimum absolute atomic E-state index is 0.0303. The van der Waals surface area contributed by atoms with E-state index in [-0.39, 0.29) is 19.8 Å². The first-order chi connectivity index (χ1) is 17.1. The first kappa shape index (κ1) is 39.2. The molecule has 0 aromatic rings. The molecule has 0 radical (unpaired) electrons. The molecule has 0 spiro atoms. The zero-order valence-corrected chi connectivity index (χ0v) is 22.9. The van der Waals surface area contributed by atoms with Gasteiger partial charge in [0.15, 0.2) is 5.25 Å². The van der Waals surface area contributed by atoms with E-state index in [4.69, 9.17) is 36.1 Å². The molecule has 1 atom stereocenters. The van der Waals surface area contributed by atoms with Gasteiger partial charge in [0, 0.05) is 13.1 Å². The molecule has 36 heavy (non-hydrogen) atoms. The Morgan fingerprint density at radius 3 is 1.36 bits per heavy atom. The summed E-state index contributed by atoms with van der Waals surface area (Å²) in [5, 5.41) is 22.1.